The fraction of sp³-hybridized carbons (Fsp3) is 0.0769. The van der Waals surface area contributed by atoms with Gasteiger partial charge in [-0.15, -0.1) is 11.3 Å². The third-order valence-electron chi connectivity index (χ3n) is 2.37. The highest BCUT2D eigenvalue weighted by Gasteiger charge is 2.16. The van der Waals surface area contributed by atoms with Crippen LogP contribution in [-0.2, 0) is 6.42 Å². The van der Waals surface area contributed by atoms with Crippen LogP contribution in [0.2, 0.25) is 0 Å². The van der Waals surface area contributed by atoms with Crippen molar-refractivity contribution in [2.75, 3.05) is 0 Å². The molecule has 0 spiro atoms. The molecule has 0 unspecified atom stereocenters. The minimum atomic E-state index is -1.07. The van der Waals surface area contributed by atoms with Gasteiger partial charge in [-0.1, -0.05) is 24.3 Å². The summed E-state index contributed by atoms with van der Waals surface area (Å²) < 4.78 is 0. The number of hydrogen-bond acceptors (Lipinski definition) is 3. The van der Waals surface area contributed by atoms with Gasteiger partial charge in [0.2, 0.25) is 0 Å². The van der Waals surface area contributed by atoms with Gasteiger partial charge in [0.05, 0.1) is 5.56 Å². The fourth-order valence-corrected chi connectivity index (χ4v) is 2.28. The van der Waals surface area contributed by atoms with Gasteiger partial charge < -0.3 is 5.11 Å². The maximum atomic E-state index is 12.0. The van der Waals surface area contributed by atoms with E-state index in [1.54, 1.807) is 18.2 Å². The Morgan fingerprint density at radius 1 is 1.06 bits per heavy atom. The first-order valence-electron chi connectivity index (χ1n) is 5.06. The molecule has 0 amide bonds. The van der Waals surface area contributed by atoms with Crippen LogP contribution < -0.4 is 0 Å². The molecule has 0 saturated carbocycles. The second kappa shape index (κ2) is 4.93. The molecule has 0 radical (unpaired) electrons. The number of carbonyl (C=O) groups is 2. The van der Waals surface area contributed by atoms with Crippen LogP contribution in [0.1, 0.15) is 25.6 Å². The number of benzene rings is 1. The van der Waals surface area contributed by atoms with E-state index in [1.165, 1.54) is 17.4 Å². The zero-order valence-electron chi connectivity index (χ0n) is 8.92. The van der Waals surface area contributed by atoms with Crippen LogP contribution in [0.25, 0.3) is 0 Å². The highest BCUT2D eigenvalue weighted by molar-refractivity contribution is 7.10. The number of ketones is 1. The number of aromatic carboxylic acids is 1. The summed E-state index contributed by atoms with van der Waals surface area (Å²) in [5, 5.41) is 10.9. The quantitative estimate of drug-likeness (QED) is 0.844. The first-order valence-corrected chi connectivity index (χ1v) is 5.94. The van der Waals surface area contributed by atoms with Gasteiger partial charge in [0.1, 0.15) is 0 Å². The fourth-order valence-electron chi connectivity index (χ4n) is 1.58. The lowest BCUT2D eigenvalue weighted by atomic mass is 10.0. The number of carbonyl (C=O) groups excluding carboxylic acids is 1. The number of carboxylic acids is 1. The molecule has 1 heterocycles. The summed E-state index contributed by atoms with van der Waals surface area (Å²) in [4.78, 5) is 23.9. The van der Waals surface area contributed by atoms with Crippen LogP contribution in [0, 0.1) is 0 Å². The van der Waals surface area contributed by atoms with Crippen molar-refractivity contribution >= 4 is 23.1 Å². The lowest BCUT2D eigenvalue weighted by Crippen LogP contribution is -2.10. The Morgan fingerprint density at radius 3 is 2.35 bits per heavy atom. The molecule has 86 valence electrons. The van der Waals surface area contributed by atoms with E-state index in [0.29, 0.717) is 0 Å². The Kier molecular flexibility index (Phi) is 3.35. The van der Waals surface area contributed by atoms with E-state index in [2.05, 4.69) is 0 Å². The van der Waals surface area contributed by atoms with Crippen LogP contribution in [-0.4, -0.2) is 16.9 Å². The molecule has 1 N–H and O–H groups in total. The lowest BCUT2D eigenvalue weighted by molar-refractivity contribution is 0.0692. The van der Waals surface area contributed by atoms with Crippen molar-refractivity contribution < 1.29 is 14.7 Å². The molecule has 17 heavy (non-hydrogen) atoms. The minimum Gasteiger partial charge on any atom is -0.478 e. The Balaban J connectivity index is 2.28. The monoisotopic (exact) mass is 246 g/mol. The third-order valence-corrected chi connectivity index (χ3v) is 3.25. The summed E-state index contributed by atoms with van der Waals surface area (Å²) in [5.74, 6) is -1.23. The van der Waals surface area contributed by atoms with Crippen molar-refractivity contribution in [1.29, 1.82) is 0 Å². The lowest BCUT2D eigenvalue weighted by Gasteiger charge is -2.03. The molecule has 3 nitrogen and oxygen atoms in total. The van der Waals surface area contributed by atoms with Crippen LogP contribution >= 0.6 is 11.3 Å². The Hall–Kier alpha value is -1.94. The average molecular weight is 246 g/mol. The maximum absolute atomic E-state index is 12.0. The summed E-state index contributed by atoms with van der Waals surface area (Å²) in [6.45, 7) is 0. The molecule has 0 aliphatic carbocycles. The van der Waals surface area contributed by atoms with Crippen molar-refractivity contribution in [3.05, 3.63) is 57.8 Å². The average Bonchev–Trinajstić information content (AvgIpc) is 2.81. The second-order valence-corrected chi connectivity index (χ2v) is 4.56. The third kappa shape index (κ3) is 2.60. The summed E-state index contributed by atoms with van der Waals surface area (Å²) >= 11 is 1.49. The van der Waals surface area contributed by atoms with Crippen LogP contribution in [0.4, 0.5) is 0 Å². The molecule has 2 rings (SSSR count). The predicted molar refractivity (Wildman–Crippen MR) is 65.8 cm³/mol. The van der Waals surface area contributed by atoms with Crippen LogP contribution in [0.3, 0.4) is 0 Å². The highest BCUT2D eigenvalue weighted by Crippen LogP contribution is 2.15. The van der Waals surface area contributed by atoms with Gasteiger partial charge in [-0.25, -0.2) is 4.79 Å². The zero-order valence-corrected chi connectivity index (χ0v) is 9.74. The summed E-state index contributed by atoms with van der Waals surface area (Å²) in [6, 6.07) is 10.0. The molecule has 1 aromatic heterocycles. The normalized spacial score (nSPS) is 10.1. The van der Waals surface area contributed by atoms with E-state index < -0.39 is 5.97 Å². The molecule has 0 aliphatic heterocycles. The van der Waals surface area contributed by atoms with E-state index >= 15 is 0 Å². The van der Waals surface area contributed by atoms with Gasteiger partial charge in [-0.3, -0.25) is 4.79 Å². The van der Waals surface area contributed by atoms with Gasteiger partial charge in [0, 0.05) is 16.9 Å². The number of thiophene rings is 1. The Bertz CT molecular complexity index is 544. The van der Waals surface area contributed by atoms with Gasteiger partial charge in [-0.2, -0.15) is 0 Å². The van der Waals surface area contributed by atoms with Gasteiger partial charge >= 0.3 is 5.97 Å². The zero-order chi connectivity index (χ0) is 12.3. The topological polar surface area (TPSA) is 54.4 Å². The molecule has 4 heteroatoms. The molecule has 0 bridgehead atoms. The van der Waals surface area contributed by atoms with E-state index in [4.69, 9.17) is 5.11 Å². The first kappa shape index (κ1) is 11.5. The number of carboxylic acid groups (broad SMARTS) is 1. The number of Topliss-reactive ketones (excluding diaryl/α,β-unsaturated/α-hetero) is 1. The number of hydrogen-bond donors (Lipinski definition) is 1. The minimum absolute atomic E-state index is 0.0639. The van der Waals surface area contributed by atoms with Gasteiger partial charge in [-0.05, 0) is 17.5 Å². The first-order chi connectivity index (χ1) is 8.18. The SMILES string of the molecule is O=C(O)c1ccccc1C(=O)Cc1cccs1. The maximum Gasteiger partial charge on any atom is 0.336 e. The van der Waals surface area contributed by atoms with E-state index in [0.717, 1.165) is 4.88 Å². The molecular formula is C13H10O3S. The highest BCUT2D eigenvalue weighted by atomic mass is 32.1. The molecule has 0 fully saturated rings. The van der Waals surface area contributed by atoms with Crippen molar-refractivity contribution in [2.45, 2.75) is 6.42 Å². The van der Waals surface area contributed by atoms with Crippen molar-refractivity contribution in [3.8, 4) is 0 Å². The molecule has 0 aliphatic rings. The van der Waals surface area contributed by atoms with Crippen LogP contribution in [0.15, 0.2) is 41.8 Å². The largest absolute Gasteiger partial charge is 0.478 e. The van der Waals surface area contributed by atoms with E-state index in [-0.39, 0.29) is 23.3 Å². The summed E-state index contributed by atoms with van der Waals surface area (Å²) in [6.07, 6.45) is 0.252. The van der Waals surface area contributed by atoms with E-state index in [9.17, 15) is 9.59 Å². The summed E-state index contributed by atoms with van der Waals surface area (Å²) in [5.41, 5.74) is 0.336. The smallest absolute Gasteiger partial charge is 0.336 e. The molecule has 1 aromatic carbocycles. The second-order valence-electron chi connectivity index (χ2n) is 3.53. The van der Waals surface area contributed by atoms with Crippen molar-refractivity contribution in [3.63, 3.8) is 0 Å². The molecule has 0 atom stereocenters. The van der Waals surface area contributed by atoms with Crippen LogP contribution in [0.5, 0.6) is 0 Å². The Labute approximate surface area is 102 Å². The van der Waals surface area contributed by atoms with Crippen molar-refractivity contribution in [2.24, 2.45) is 0 Å². The van der Waals surface area contributed by atoms with Gasteiger partial charge in [0.15, 0.2) is 5.78 Å². The van der Waals surface area contributed by atoms with Crippen molar-refractivity contribution in [1.82, 2.24) is 0 Å². The molecule has 0 saturated heterocycles. The summed E-state index contributed by atoms with van der Waals surface area (Å²) in [7, 11) is 0. The Morgan fingerprint density at radius 2 is 1.76 bits per heavy atom. The molecule has 2 aromatic rings. The molecular weight excluding hydrogens is 236 g/mol. The van der Waals surface area contributed by atoms with E-state index in [1.807, 2.05) is 17.5 Å². The predicted octanol–water partition coefficient (Wildman–Crippen LogP) is 2.87. The van der Waals surface area contributed by atoms with Gasteiger partial charge in [0.25, 0.3) is 0 Å². The standard InChI is InChI=1S/C13H10O3S/c14-12(8-9-4-3-7-17-9)10-5-1-2-6-11(10)13(15)16/h1-7H,8H2,(H,15,16). The number of rotatable bonds is 4.